The lowest BCUT2D eigenvalue weighted by atomic mass is 10.1. The number of nitrogens with one attached hydrogen (secondary N) is 2. The highest BCUT2D eigenvalue weighted by Gasteiger charge is 2.37. The number of carbonyl (C=O) groups excluding carboxylic acids is 2. The van der Waals surface area contributed by atoms with Crippen molar-refractivity contribution >= 4 is 17.5 Å². The third-order valence-corrected chi connectivity index (χ3v) is 4.62. The molecule has 27 heavy (non-hydrogen) atoms. The molecular formula is C19H29N3O5. The van der Waals surface area contributed by atoms with Gasteiger partial charge in [-0.3, -0.25) is 9.59 Å². The molecule has 150 valence electrons. The zero-order chi connectivity index (χ0) is 19.8. The summed E-state index contributed by atoms with van der Waals surface area (Å²) < 4.78 is 5.09. The van der Waals surface area contributed by atoms with Gasteiger partial charge in [-0.2, -0.15) is 0 Å². The maximum absolute atomic E-state index is 12.5. The Bertz CT molecular complexity index is 638. The standard InChI is InChI=1S/C19H29N3O5/c1-22(2)15-5-3-4-13(10-15)19(26)21-16-11-14(12-17(16)24)18(25)20-6-8-27-9-7-23/h3-5,10,14,16-17,23-24H,6-9,11-12H2,1-2H3,(H,20,25)(H,21,26)/t14-,16-,17-/m0/s1. The molecule has 1 aliphatic carbocycles. The van der Waals surface area contributed by atoms with Crippen LogP contribution >= 0.6 is 0 Å². The quantitative estimate of drug-likeness (QED) is 0.440. The molecule has 1 aromatic rings. The van der Waals surface area contributed by atoms with E-state index < -0.39 is 12.1 Å². The number of aliphatic hydroxyl groups excluding tert-OH is 2. The van der Waals surface area contributed by atoms with E-state index in [-0.39, 0.29) is 30.9 Å². The number of amides is 2. The van der Waals surface area contributed by atoms with E-state index in [1.54, 1.807) is 12.1 Å². The Morgan fingerprint density at radius 3 is 2.74 bits per heavy atom. The predicted octanol–water partition coefficient (Wildman–Crippen LogP) is -0.253. The van der Waals surface area contributed by atoms with E-state index in [1.807, 2.05) is 31.1 Å². The zero-order valence-electron chi connectivity index (χ0n) is 15.9. The van der Waals surface area contributed by atoms with Crippen LogP contribution in [0.1, 0.15) is 23.2 Å². The molecule has 0 heterocycles. The van der Waals surface area contributed by atoms with Crippen LogP contribution < -0.4 is 15.5 Å². The Balaban J connectivity index is 1.84. The van der Waals surface area contributed by atoms with Crippen LogP contribution in [0.25, 0.3) is 0 Å². The van der Waals surface area contributed by atoms with Crippen LogP contribution in [0.5, 0.6) is 0 Å². The molecule has 1 aliphatic rings. The molecule has 2 rings (SSSR count). The number of anilines is 1. The van der Waals surface area contributed by atoms with Crippen LogP contribution in [0.4, 0.5) is 5.69 Å². The van der Waals surface area contributed by atoms with Crippen molar-refractivity contribution in [2.24, 2.45) is 5.92 Å². The molecule has 3 atom stereocenters. The highest BCUT2D eigenvalue weighted by atomic mass is 16.5. The normalized spacial score (nSPS) is 21.7. The van der Waals surface area contributed by atoms with E-state index >= 15 is 0 Å². The number of carbonyl (C=O) groups is 2. The fourth-order valence-electron chi connectivity index (χ4n) is 3.12. The van der Waals surface area contributed by atoms with Gasteiger partial charge in [-0.1, -0.05) is 6.07 Å². The van der Waals surface area contributed by atoms with Gasteiger partial charge in [-0.25, -0.2) is 0 Å². The van der Waals surface area contributed by atoms with Gasteiger partial charge in [0, 0.05) is 37.8 Å². The second kappa shape index (κ2) is 10.2. The minimum absolute atomic E-state index is 0.0540. The number of ether oxygens (including phenoxy) is 1. The van der Waals surface area contributed by atoms with Crippen molar-refractivity contribution in [1.29, 1.82) is 0 Å². The summed E-state index contributed by atoms with van der Waals surface area (Å²) in [6, 6.07) is 6.77. The van der Waals surface area contributed by atoms with Gasteiger partial charge in [-0.15, -0.1) is 0 Å². The summed E-state index contributed by atoms with van der Waals surface area (Å²) in [5.74, 6) is -0.773. The second-order valence-electron chi connectivity index (χ2n) is 6.89. The first-order valence-corrected chi connectivity index (χ1v) is 9.15. The minimum Gasteiger partial charge on any atom is -0.394 e. The molecule has 0 aliphatic heterocycles. The number of aliphatic hydroxyl groups is 2. The molecule has 1 fully saturated rings. The molecule has 8 nitrogen and oxygen atoms in total. The Morgan fingerprint density at radius 2 is 2.04 bits per heavy atom. The highest BCUT2D eigenvalue weighted by Crippen LogP contribution is 2.27. The maximum atomic E-state index is 12.5. The fourth-order valence-corrected chi connectivity index (χ4v) is 3.12. The van der Waals surface area contributed by atoms with Gasteiger partial charge in [-0.05, 0) is 31.0 Å². The van der Waals surface area contributed by atoms with Crippen molar-refractivity contribution in [3.05, 3.63) is 29.8 Å². The van der Waals surface area contributed by atoms with Crippen LogP contribution in [-0.4, -0.2) is 74.6 Å². The lowest BCUT2D eigenvalue weighted by Gasteiger charge is -2.18. The van der Waals surface area contributed by atoms with Crippen LogP contribution in [0.15, 0.2) is 24.3 Å². The van der Waals surface area contributed by atoms with E-state index in [2.05, 4.69) is 10.6 Å². The SMILES string of the molecule is CN(C)c1cccc(C(=O)N[C@H]2C[C@H](C(=O)NCCOCCO)C[C@@H]2O)c1. The van der Waals surface area contributed by atoms with Gasteiger partial charge in [0.2, 0.25) is 5.91 Å². The smallest absolute Gasteiger partial charge is 0.251 e. The molecule has 1 aromatic carbocycles. The molecule has 0 aromatic heterocycles. The summed E-state index contributed by atoms with van der Waals surface area (Å²) in [6.07, 6.45) is -0.0531. The van der Waals surface area contributed by atoms with Crippen molar-refractivity contribution in [1.82, 2.24) is 10.6 Å². The molecule has 0 spiro atoms. The fraction of sp³-hybridized carbons (Fsp3) is 0.579. The summed E-state index contributed by atoms with van der Waals surface area (Å²) in [7, 11) is 3.80. The van der Waals surface area contributed by atoms with Crippen molar-refractivity contribution < 1.29 is 24.5 Å². The summed E-state index contributed by atoms with van der Waals surface area (Å²) in [5.41, 5.74) is 1.43. The van der Waals surface area contributed by atoms with Gasteiger partial charge in [0.15, 0.2) is 0 Å². The number of rotatable bonds is 9. The van der Waals surface area contributed by atoms with Crippen LogP contribution in [0, 0.1) is 5.92 Å². The monoisotopic (exact) mass is 379 g/mol. The highest BCUT2D eigenvalue weighted by molar-refractivity contribution is 5.95. The van der Waals surface area contributed by atoms with Crippen molar-refractivity contribution in [3.63, 3.8) is 0 Å². The number of benzene rings is 1. The average Bonchev–Trinajstić information content (AvgIpc) is 3.02. The lowest BCUT2D eigenvalue weighted by Crippen LogP contribution is -2.40. The number of nitrogens with zero attached hydrogens (tertiary/aromatic N) is 1. The van der Waals surface area contributed by atoms with E-state index in [1.165, 1.54) is 0 Å². The predicted molar refractivity (Wildman–Crippen MR) is 102 cm³/mol. The average molecular weight is 379 g/mol. The first kappa shape index (κ1) is 21.1. The minimum atomic E-state index is -0.757. The van der Waals surface area contributed by atoms with Crippen molar-refractivity contribution in [2.75, 3.05) is 45.4 Å². The number of hydrogen-bond donors (Lipinski definition) is 4. The van der Waals surface area contributed by atoms with E-state index in [0.717, 1.165) is 5.69 Å². The van der Waals surface area contributed by atoms with Gasteiger partial charge in [0.05, 0.1) is 32.0 Å². The third-order valence-electron chi connectivity index (χ3n) is 4.62. The molecular weight excluding hydrogens is 350 g/mol. The molecule has 0 unspecified atom stereocenters. The van der Waals surface area contributed by atoms with Gasteiger partial charge >= 0.3 is 0 Å². The first-order valence-electron chi connectivity index (χ1n) is 9.15. The molecule has 2 amide bonds. The molecule has 1 saturated carbocycles. The maximum Gasteiger partial charge on any atom is 0.251 e. The van der Waals surface area contributed by atoms with Gasteiger partial charge in [0.25, 0.3) is 5.91 Å². The molecule has 0 radical (unpaired) electrons. The topological polar surface area (TPSA) is 111 Å². The van der Waals surface area contributed by atoms with Gasteiger partial charge in [0.1, 0.15) is 0 Å². The van der Waals surface area contributed by atoms with E-state index in [0.29, 0.717) is 31.6 Å². The Kier molecular flexibility index (Phi) is 8.02. The van der Waals surface area contributed by atoms with E-state index in [4.69, 9.17) is 9.84 Å². The third kappa shape index (κ3) is 6.20. The number of hydrogen-bond acceptors (Lipinski definition) is 6. The largest absolute Gasteiger partial charge is 0.394 e. The van der Waals surface area contributed by atoms with Crippen molar-refractivity contribution in [3.8, 4) is 0 Å². The van der Waals surface area contributed by atoms with Crippen LogP contribution in [0.3, 0.4) is 0 Å². The van der Waals surface area contributed by atoms with Crippen molar-refractivity contribution in [2.45, 2.75) is 25.0 Å². The lowest BCUT2D eigenvalue weighted by molar-refractivity contribution is -0.125. The summed E-state index contributed by atoms with van der Waals surface area (Å²) in [4.78, 5) is 26.6. The second-order valence-corrected chi connectivity index (χ2v) is 6.89. The molecule has 0 bridgehead atoms. The van der Waals surface area contributed by atoms with E-state index in [9.17, 15) is 14.7 Å². The Hall–Kier alpha value is -2.16. The summed E-state index contributed by atoms with van der Waals surface area (Å²) in [5, 5.41) is 24.5. The summed E-state index contributed by atoms with van der Waals surface area (Å²) in [6.45, 7) is 0.854. The van der Waals surface area contributed by atoms with Crippen LogP contribution in [0.2, 0.25) is 0 Å². The molecule has 8 heteroatoms. The van der Waals surface area contributed by atoms with Gasteiger partial charge < -0.3 is 30.5 Å². The Morgan fingerprint density at radius 1 is 1.26 bits per heavy atom. The van der Waals surface area contributed by atoms with Crippen LogP contribution in [-0.2, 0) is 9.53 Å². The zero-order valence-corrected chi connectivity index (χ0v) is 15.9. The summed E-state index contributed by atoms with van der Waals surface area (Å²) >= 11 is 0. The molecule has 0 saturated heterocycles. The molecule has 4 N–H and O–H groups in total. The Labute approximate surface area is 159 Å². The first-order chi connectivity index (χ1) is 12.9.